The van der Waals surface area contributed by atoms with Crippen molar-refractivity contribution < 1.29 is 18.5 Å². The number of benzene rings is 1. The predicted molar refractivity (Wildman–Crippen MR) is 63.2 cm³/mol. The number of amides is 1. The lowest BCUT2D eigenvalue weighted by atomic mass is 10.1. The van der Waals surface area contributed by atoms with Gasteiger partial charge >= 0.3 is 0 Å². The molecule has 0 aromatic heterocycles. The van der Waals surface area contributed by atoms with Crippen LogP contribution in [-0.4, -0.2) is 17.4 Å². The van der Waals surface area contributed by atoms with Gasteiger partial charge in [-0.15, -0.1) is 0 Å². The fraction of sp³-hybridized carbons (Fsp3) is 0.250. The first kappa shape index (κ1) is 14.6. The summed E-state index contributed by atoms with van der Waals surface area (Å²) in [6.45, 7) is 1.62. The highest BCUT2D eigenvalue weighted by atomic mass is 19.2. The second-order valence-corrected chi connectivity index (χ2v) is 3.58. The monoisotopic (exact) mass is 268 g/mol. The lowest BCUT2D eigenvalue weighted by Gasteiger charge is -1.98. The highest BCUT2D eigenvalue weighted by Gasteiger charge is 2.17. The van der Waals surface area contributed by atoms with Crippen LogP contribution in [0.4, 0.5) is 14.5 Å². The molecule has 0 spiro atoms. The lowest BCUT2D eigenvalue weighted by molar-refractivity contribution is -0.385. The summed E-state index contributed by atoms with van der Waals surface area (Å²) in [4.78, 5) is 20.4. The summed E-state index contributed by atoms with van der Waals surface area (Å²) in [5, 5.41) is 13.1. The first-order valence-corrected chi connectivity index (χ1v) is 5.28. The number of carbonyl (C=O) groups is 1. The van der Waals surface area contributed by atoms with E-state index < -0.39 is 22.2 Å². The minimum Gasteiger partial charge on any atom is -0.355 e. The normalized spacial score (nSPS) is 9.42. The largest absolute Gasteiger partial charge is 0.355 e. The molecule has 0 bridgehead atoms. The van der Waals surface area contributed by atoms with Crippen molar-refractivity contribution in [2.45, 2.75) is 13.3 Å². The van der Waals surface area contributed by atoms with Crippen molar-refractivity contribution in [1.29, 1.82) is 0 Å². The number of hydrogen-bond donors (Lipinski definition) is 1. The van der Waals surface area contributed by atoms with Crippen molar-refractivity contribution in [1.82, 2.24) is 5.32 Å². The predicted octanol–water partition coefficient (Wildman–Crippen LogP) is 1.75. The van der Waals surface area contributed by atoms with Crippen molar-refractivity contribution in [3.8, 4) is 11.8 Å². The lowest BCUT2D eigenvalue weighted by Crippen LogP contribution is -2.20. The van der Waals surface area contributed by atoms with E-state index in [4.69, 9.17) is 0 Å². The van der Waals surface area contributed by atoms with E-state index >= 15 is 0 Å². The van der Waals surface area contributed by atoms with Crippen LogP contribution in [0.25, 0.3) is 0 Å². The van der Waals surface area contributed by atoms with Crippen molar-refractivity contribution >= 4 is 11.6 Å². The Kier molecular flexibility index (Phi) is 4.94. The Bertz CT molecular complexity index is 576. The Balaban J connectivity index is 2.88. The van der Waals surface area contributed by atoms with Gasteiger partial charge in [-0.2, -0.15) is 0 Å². The average Bonchev–Trinajstić information content (AvgIpc) is 2.32. The van der Waals surface area contributed by atoms with Crippen molar-refractivity contribution in [3.05, 3.63) is 39.4 Å². The van der Waals surface area contributed by atoms with E-state index in [0.29, 0.717) is 12.1 Å². The maximum atomic E-state index is 13.0. The average molecular weight is 268 g/mol. The van der Waals surface area contributed by atoms with Gasteiger partial charge in [0, 0.05) is 19.9 Å². The molecule has 0 saturated heterocycles. The van der Waals surface area contributed by atoms with E-state index in [1.54, 1.807) is 0 Å². The minimum absolute atomic E-state index is 0.202. The summed E-state index contributed by atoms with van der Waals surface area (Å²) >= 11 is 0. The molecule has 7 heteroatoms. The molecule has 5 nitrogen and oxygen atoms in total. The number of halogens is 2. The van der Waals surface area contributed by atoms with Crippen LogP contribution in [0.1, 0.15) is 18.9 Å². The van der Waals surface area contributed by atoms with Crippen LogP contribution < -0.4 is 5.32 Å². The molecule has 0 fully saturated rings. The molecule has 0 aliphatic rings. The summed E-state index contributed by atoms with van der Waals surface area (Å²) in [6, 6.07) is 1.17. The topological polar surface area (TPSA) is 72.2 Å². The SMILES string of the molecule is CC(=O)NCCC#Cc1cc(F)c(F)cc1[N+](=O)[O-]. The third-order valence-corrected chi connectivity index (χ3v) is 2.08. The van der Waals surface area contributed by atoms with Crippen LogP contribution in [0, 0.1) is 33.6 Å². The number of nitro benzene ring substituents is 1. The standard InChI is InChI=1S/C12H10F2N2O3/c1-8(17)15-5-3-2-4-9-6-10(13)11(14)7-12(9)16(18)19/h6-7H,3,5H2,1H3,(H,15,17). The molecular weight excluding hydrogens is 258 g/mol. The van der Waals surface area contributed by atoms with Crippen LogP contribution in [0.3, 0.4) is 0 Å². The van der Waals surface area contributed by atoms with Gasteiger partial charge in [0.2, 0.25) is 5.91 Å². The maximum Gasteiger partial charge on any atom is 0.288 e. The van der Waals surface area contributed by atoms with E-state index in [-0.39, 0.29) is 24.4 Å². The zero-order valence-electron chi connectivity index (χ0n) is 10.00. The van der Waals surface area contributed by atoms with Gasteiger partial charge in [-0.25, -0.2) is 8.78 Å². The second kappa shape index (κ2) is 6.44. The van der Waals surface area contributed by atoms with Gasteiger partial charge in [0.25, 0.3) is 5.69 Å². The summed E-state index contributed by atoms with van der Waals surface area (Å²) in [7, 11) is 0. The highest BCUT2D eigenvalue weighted by molar-refractivity contribution is 5.72. The fourth-order valence-electron chi connectivity index (χ4n) is 1.25. The molecule has 19 heavy (non-hydrogen) atoms. The van der Waals surface area contributed by atoms with Gasteiger partial charge in [-0.3, -0.25) is 14.9 Å². The van der Waals surface area contributed by atoms with Gasteiger partial charge < -0.3 is 5.32 Å². The third kappa shape index (κ3) is 4.35. The molecule has 0 unspecified atom stereocenters. The van der Waals surface area contributed by atoms with Gasteiger partial charge in [-0.1, -0.05) is 11.8 Å². The number of rotatable bonds is 3. The Morgan fingerprint density at radius 3 is 2.63 bits per heavy atom. The second-order valence-electron chi connectivity index (χ2n) is 3.58. The van der Waals surface area contributed by atoms with E-state index in [0.717, 1.165) is 0 Å². The highest BCUT2D eigenvalue weighted by Crippen LogP contribution is 2.21. The summed E-state index contributed by atoms with van der Waals surface area (Å²) in [6.07, 6.45) is 0.246. The van der Waals surface area contributed by atoms with Crippen LogP contribution in [0.15, 0.2) is 12.1 Å². The Morgan fingerprint density at radius 1 is 1.42 bits per heavy atom. The van der Waals surface area contributed by atoms with Crippen LogP contribution in [0.5, 0.6) is 0 Å². The Labute approximate surface area is 107 Å². The molecule has 0 radical (unpaired) electrons. The minimum atomic E-state index is -1.30. The zero-order valence-corrected chi connectivity index (χ0v) is 10.00. The molecule has 0 atom stereocenters. The molecular formula is C12H10F2N2O3. The number of carbonyl (C=O) groups excluding carboxylic acids is 1. The van der Waals surface area contributed by atoms with Gasteiger partial charge in [0.1, 0.15) is 5.56 Å². The van der Waals surface area contributed by atoms with Crippen LogP contribution >= 0.6 is 0 Å². The van der Waals surface area contributed by atoms with Crippen molar-refractivity contribution in [2.24, 2.45) is 0 Å². The van der Waals surface area contributed by atoms with Gasteiger partial charge in [0.05, 0.1) is 11.0 Å². The van der Waals surface area contributed by atoms with E-state index in [1.165, 1.54) is 6.92 Å². The van der Waals surface area contributed by atoms with E-state index in [9.17, 15) is 23.7 Å². The van der Waals surface area contributed by atoms with Crippen LogP contribution in [-0.2, 0) is 4.79 Å². The molecule has 1 amide bonds. The molecule has 0 aliphatic heterocycles. The molecule has 100 valence electrons. The molecule has 1 aromatic rings. The summed E-state index contributed by atoms with van der Waals surface area (Å²) in [5.74, 6) is 2.21. The number of nitro groups is 1. The summed E-state index contributed by atoms with van der Waals surface area (Å²) < 4.78 is 25.9. The van der Waals surface area contributed by atoms with Crippen molar-refractivity contribution in [3.63, 3.8) is 0 Å². The molecule has 1 aromatic carbocycles. The molecule has 0 saturated carbocycles. The zero-order chi connectivity index (χ0) is 14.4. The Morgan fingerprint density at radius 2 is 2.05 bits per heavy atom. The first-order valence-electron chi connectivity index (χ1n) is 5.28. The van der Waals surface area contributed by atoms with E-state index in [1.807, 2.05) is 0 Å². The number of nitrogens with one attached hydrogen (secondary N) is 1. The van der Waals surface area contributed by atoms with Crippen molar-refractivity contribution in [2.75, 3.05) is 6.54 Å². The fourth-order valence-corrected chi connectivity index (χ4v) is 1.25. The first-order chi connectivity index (χ1) is 8.91. The third-order valence-electron chi connectivity index (χ3n) is 2.08. The molecule has 0 heterocycles. The number of nitrogens with zero attached hydrogens (tertiary/aromatic N) is 1. The molecule has 1 N–H and O–H groups in total. The number of hydrogen-bond acceptors (Lipinski definition) is 3. The quantitative estimate of drug-likeness (QED) is 0.393. The summed E-state index contributed by atoms with van der Waals surface area (Å²) in [5.41, 5.74) is -0.794. The Hall–Kier alpha value is -2.49. The van der Waals surface area contributed by atoms with Gasteiger partial charge in [-0.05, 0) is 6.07 Å². The molecule has 1 rings (SSSR count). The van der Waals surface area contributed by atoms with Gasteiger partial charge in [0.15, 0.2) is 11.6 Å². The van der Waals surface area contributed by atoms with E-state index in [2.05, 4.69) is 17.2 Å². The smallest absolute Gasteiger partial charge is 0.288 e. The maximum absolute atomic E-state index is 13.0. The van der Waals surface area contributed by atoms with Crippen LogP contribution in [0.2, 0.25) is 0 Å². The molecule has 0 aliphatic carbocycles.